The van der Waals surface area contributed by atoms with Gasteiger partial charge in [0.1, 0.15) is 5.52 Å². The quantitative estimate of drug-likeness (QED) is 0.822. The van der Waals surface area contributed by atoms with Gasteiger partial charge in [-0.2, -0.15) is 0 Å². The zero-order valence-corrected chi connectivity index (χ0v) is 11.2. The molecule has 0 fully saturated rings. The molecule has 2 heterocycles. The fourth-order valence-electron chi connectivity index (χ4n) is 1.87. The van der Waals surface area contributed by atoms with Crippen LogP contribution in [0, 0.1) is 12.3 Å². The Labute approximate surface area is 102 Å². The molecule has 0 spiro atoms. The van der Waals surface area contributed by atoms with E-state index in [0.29, 0.717) is 5.95 Å². The van der Waals surface area contributed by atoms with E-state index in [4.69, 9.17) is 5.73 Å². The largest absolute Gasteiger partial charge is 0.369 e. The summed E-state index contributed by atoms with van der Waals surface area (Å²) in [4.78, 5) is 8.84. The Hall–Kier alpha value is -1.58. The van der Waals surface area contributed by atoms with Gasteiger partial charge < -0.3 is 5.73 Å². The van der Waals surface area contributed by atoms with Crippen molar-refractivity contribution in [3.8, 4) is 0 Å². The molecule has 17 heavy (non-hydrogen) atoms. The molecular formula is C13H20N4. The van der Waals surface area contributed by atoms with Gasteiger partial charge in [0.2, 0.25) is 5.95 Å². The maximum atomic E-state index is 6.01. The lowest BCUT2D eigenvalue weighted by molar-refractivity contribution is 0.269. The Kier molecular flexibility index (Phi) is 2.60. The Morgan fingerprint density at radius 3 is 2.59 bits per heavy atom. The smallest absolute Gasteiger partial charge is 0.202 e. The van der Waals surface area contributed by atoms with Crippen LogP contribution in [0.5, 0.6) is 0 Å². The van der Waals surface area contributed by atoms with E-state index in [1.54, 1.807) is 0 Å². The summed E-state index contributed by atoms with van der Waals surface area (Å²) in [5, 5.41) is 0. The topological polar surface area (TPSA) is 56.7 Å². The lowest BCUT2D eigenvalue weighted by Gasteiger charge is -2.29. The highest BCUT2D eigenvalue weighted by Crippen LogP contribution is 2.34. The van der Waals surface area contributed by atoms with E-state index in [0.717, 1.165) is 16.7 Å². The first-order valence-electron chi connectivity index (χ1n) is 5.91. The van der Waals surface area contributed by atoms with E-state index < -0.39 is 0 Å². The summed E-state index contributed by atoms with van der Waals surface area (Å²) in [6.45, 7) is 10.7. The number of fused-ring (bicyclic) bond motifs is 1. The van der Waals surface area contributed by atoms with Gasteiger partial charge in [0.05, 0.1) is 0 Å². The molecule has 2 aromatic heterocycles. The summed E-state index contributed by atoms with van der Waals surface area (Å²) in [6, 6.07) is 2.27. The zero-order valence-electron chi connectivity index (χ0n) is 11.2. The van der Waals surface area contributed by atoms with Crippen LogP contribution in [0.1, 0.15) is 39.3 Å². The van der Waals surface area contributed by atoms with Crippen LogP contribution in [0.4, 0.5) is 5.95 Å². The summed E-state index contributed by atoms with van der Waals surface area (Å²) in [6.07, 6.45) is 1.86. The molecule has 4 nitrogen and oxygen atoms in total. The summed E-state index contributed by atoms with van der Waals surface area (Å²) in [5.41, 5.74) is 8.98. The van der Waals surface area contributed by atoms with Crippen molar-refractivity contribution in [2.24, 2.45) is 5.41 Å². The molecule has 2 aromatic rings. The minimum absolute atomic E-state index is 0.119. The molecule has 2 rings (SSSR count). The van der Waals surface area contributed by atoms with Crippen LogP contribution in [0.15, 0.2) is 12.3 Å². The number of nitrogens with zero attached hydrogens (tertiary/aromatic N) is 3. The molecule has 1 atom stereocenters. The first-order valence-corrected chi connectivity index (χ1v) is 5.91. The van der Waals surface area contributed by atoms with Gasteiger partial charge >= 0.3 is 0 Å². The van der Waals surface area contributed by atoms with Gasteiger partial charge in [-0.3, -0.25) is 4.57 Å². The van der Waals surface area contributed by atoms with Crippen LogP contribution in [-0.2, 0) is 0 Å². The minimum atomic E-state index is 0.119. The molecule has 0 bridgehead atoms. The van der Waals surface area contributed by atoms with Crippen molar-refractivity contribution in [2.45, 2.75) is 40.7 Å². The average Bonchev–Trinajstić information content (AvgIpc) is 2.50. The number of anilines is 1. The van der Waals surface area contributed by atoms with E-state index >= 15 is 0 Å². The molecule has 0 aliphatic rings. The Morgan fingerprint density at radius 2 is 2.00 bits per heavy atom. The van der Waals surface area contributed by atoms with Crippen molar-refractivity contribution in [1.29, 1.82) is 0 Å². The van der Waals surface area contributed by atoms with E-state index in [-0.39, 0.29) is 11.5 Å². The first kappa shape index (κ1) is 11.9. The van der Waals surface area contributed by atoms with Crippen LogP contribution in [0.3, 0.4) is 0 Å². The average molecular weight is 232 g/mol. The van der Waals surface area contributed by atoms with Crippen LogP contribution in [-0.4, -0.2) is 14.5 Å². The monoisotopic (exact) mass is 232 g/mol. The van der Waals surface area contributed by atoms with Crippen molar-refractivity contribution in [3.05, 3.63) is 17.8 Å². The second-order valence-electron chi connectivity index (χ2n) is 5.74. The number of hydrogen-bond acceptors (Lipinski definition) is 3. The molecule has 0 aromatic carbocycles. The van der Waals surface area contributed by atoms with Gasteiger partial charge in [-0.1, -0.05) is 20.8 Å². The lowest BCUT2D eigenvalue weighted by atomic mass is 9.88. The third-order valence-corrected chi connectivity index (χ3v) is 3.33. The minimum Gasteiger partial charge on any atom is -0.369 e. The summed E-state index contributed by atoms with van der Waals surface area (Å²) in [7, 11) is 0. The van der Waals surface area contributed by atoms with Crippen molar-refractivity contribution < 1.29 is 0 Å². The molecule has 2 N–H and O–H groups in total. The summed E-state index contributed by atoms with van der Waals surface area (Å²) >= 11 is 0. The van der Waals surface area contributed by atoms with Crippen molar-refractivity contribution in [3.63, 3.8) is 0 Å². The highest BCUT2D eigenvalue weighted by molar-refractivity contribution is 5.74. The number of aryl methyl sites for hydroxylation is 1. The molecule has 0 aliphatic carbocycles. The van der Waals surface area contributed by atoms with Gasteiger partial charge in [0, 0.05) is 12.2 Å². The van der Waals surface area contributed by atoms with Gasteiger partial charge in [-0.15, -0.1) is 0 Å². The Bertz CT molecular complexity index is 548. The number of aromatic nitrogens is 3. The molecule has 4 heteroatoms. The maximum Gasteiger partial charge on any atom is 0.202 e. The lowest BCUT2D eigenvalue weighted by Crippen LogP contribution is -2.23. The molecule has 0 amide bonds. The third-order valence-electron chi connectivity index (χ3n) is 3.33. The standard InChI is InChI=1S/C13H20N4/c1-8-6-10-11(15-7-8)17(12(14)16-10)9(2)13(3,4)5/h6-7,9H,1-5H3,(H2,14,16). The second-order valence-corrected chi connectivity index (χ2v) is 5.74. The predicted molar refractivity (Wildman–Crippen MR) is 70.8 cm³/mol. The number of nitrogen functional groups attached to an aromatic ring is 1. The van der Waals surface area contributed by atoms with Gasteiger partial charge in [0.15, 0.2) is 5.65 Å². The van der Waals surface area contributed by atoms with Gasteiger partial charge in [-0.05, 0) is 30.9 Å². The molecule has 0 aliphatic heterocycles. The molecule has 0 saturated heterocycles. The predicted octanol–water partition coefficient (Wildman–Crippen LogP) is 2.93. The summed E-state index contributed by atoms with van der Waals surface area (Å²) in [5.74, 6) is 0.542. The molecule has 0 radical (unpaired) electrons. The van der Waals surface area contributed by atoms with Crippen LogP contribution >= 0.6 is 0 Å². The molecule has 0 saturated carbocycles. The van der Waals surface area contributed by atoms with Crippen molar-refractivity contribution >= 4 is 17.1 Å². The molecule has 92 valence electrons. The fraction of sp³-hybridized carbons (Fsp3) is 0.538. The van der Waals surface area contributed by atoms with Gasteiger partial charge in [-0.25, -0.2) is 9.97 Å². The highest BCUT2D eigenvalue weighted by Gasteiger charge is 2.25. The Morgan fingerprint density at radius 1 is 1.35 bits per heavy atom. The van der Waals surface area contributed by atoms with E-state index in [2.05, 4.69) is 37.7 Å². The highest BCUT2D eigenvalue weighted by atomic mass is 15.2. The van der Waals surface area contributed by atoms with E-state index in [9.17, 15) is 0 Å². The first-order chi connectivity index (χ1) is 7.80. The normalized spacial score (nSPS) is 14.2. The van der Waals surface area contributed by atoms with Crippen LogP contribution in [0.2, 0.25) is 0 Å². The van der Waals surface area contributed by atoms with Gasteiger partial charge in [0.25, 0.3) is 0 Å². The maximum absolute atomic E-state index is 6.01. The number of pyridine rings is 1. The van der Waals surface area contributed by atoms with Crippen LogP contribution in [0.25, 0.3) is 11.2 Å². The number of nitrogens with two attached hydrogens (primary N) is 1. The summed E-state index contributed by atoms with van der Waals surface area (Å²) < 4.78 is 2.02. The molecular weight excluding hydrogens is 212 g/mol. The number of rotatable bonds is 1. The zero-order chi connectivity index (χ0) is 12.8. The Balaban J connectivity index is 2.65. The number of hydrogen-bond donors (Lipinski definition) is 1. The SMILES string of the molecule is Cc1cnc2c(c1)nc(N)n2C(C)C(C)(C)C. The van der Waals surface area contributed by atoms with E-state index in [1.165, 1.54) is 0 Å². The van der Waals surface area contributed by atoms with E-state index in [1.807, 2.05) is 23.8 Å². The van der Waals surface area contributed by atoms with Crippen molar-refractivity contribution in [2.75, 3.05) is 5.73 Å². The molecule has 1 unspecified atom stereocenters. The third kappa shape index (κ3) is 1.99. The second kappa shape index (κ2) is 3.72. The number of imidazole rings is 1. The van der Waals surface area contributed by atoms with Crippen LogP contribution < -0.4 is 5.73 Å². The van der Waals surface area contributed by atoms with Crippen molar-refractivity contribution in [1.82, 2.24) is 14.5 Å². The fourth-order valence-corrected chi connectivity index (χ4v) is 1.87.